The summed E-state index contributed by atoms with van der Waals surface area (Å²) < 4.78 is 10.1. The summed E-state index contributed by atoms with van der Waals surface area (Å²) in [7, 11) is 0. The molecule has 1 aromatic rings. The molecule has 6 N–H and O–H groups in total. The van der Waals surface area contributed by atoms with Crippen molar-refractivity contribution in [2.24, 2.45) is 0 Å². The fourth-order valence-corrected chi connectivity index (χ4v) is 2.22. The average molecular weight is 330 g/mol. The molecular formula is C14H18O9. The molecule has 0 radical (unpaired) electrons. The van der Waals surface area contributed by atoms with Crippen LogP contribution in [-0.4, -0.2) is 67.3 Å². The van der Waals surface area contributed by atoms with Crippen LogP contribution in [0.1, 0.15) is 12.5 Å². The van der Waals surface area contributed by atoms with Crippen molar-refractivity contribution in [3.8, 4) is 17.2 Å². The lowest BCUT2D eigenvalue weighted by atomic mass is 9.99. The second-order valence-corrected chi connectivity index (χ2v) is 5.17. The van der Waals surface area contributed by atoms with Crippen molar-refractivity contribution in [3.63, 3.8) is 0 Å². The Morgan fingerprint density at radius 1 is 1.17 bits per heavy atom. The zero-order valence-corrected chi connectivity index (χ0v) is 12.2. The molecule has 1 fully saturated rings. The largest absolute Gasteiger partial charge is 0.504 e. The number of phenols is 2. The number of aliphatic carboxylic acids is 1. The third kappa shape index (κ3) is 3.32. The number of aryl methyl sites for hydroxylation is 1. The number of carboxylic acid groups (broad SMARTS) is 1. The van der Waals surface area contributed by atoms with Crippen molar-refractivity contribution in [1.82, 2.24) is 0 Å². The van der Waals surface area contributed by atoms with Gasteiger partial charge in [-0.15, -0.1) is 0 Å². The molecule has 5 atom stereocenters. The highest BCUT2D eigenvalue weighted by molar-refractivity contribution is 5.73. The van der Waals surface area contributed by atoms with Gasteiger partial charge in [0.15, 0.2) is 17.6 Å². The number of hydrogen-bond donors (Lipinski definition) is 6. The van der Waals surface area contributed by atoms with Gasteiger partial charge in [0, 0.05) is 0 Å². The van der Waals surface area contributed by atoms with E-state index in [4.69, 9.17) is 14.6 Å². The number of carbonyl (C=O) groups is 1. The van der Waals surface area contributed by atoms with Crippen molar-refractivity contribution in [2.75, 3.05) is 0 Å². The lowest BCUT2D eigenvalue weighted by Crippen LogP contribution is -2.61. The number of benzene rings is 1. The zero-order chi connectivity index (χ0) is 17.3. The first-order valence-electron chi connectivity index (χ1n) is 6.90. The molecule has 23 heavy (non-hydrogen) atoms. The molecule has 1 aromatic carbocycles. The number of hydrogen-bond acceptors (Lipinski definition) is 8. The minimum atomic E-state index is -1.84. The molecule has 2 rings (SSSR count). The summed E-state index contributed by atoms with van der Waals surface area (Å²) in [4.78, 5) is 11.0. The first kappa shape index (κ1) is 17.3. The van der Waals surface area contributed by atoms with E-state index in [0.717, 1.165) is 0 Å². The van der Waals surface area contributed by atoms with Gasteiger partial charge < -0.3 is 40.1 Å². The maximum atomic E-state index is 11.0. The predicted octanol–water partition coefficient (Wildman–Crippen LogP) is -1.07. The monoisotopic (exact) mass is 330 g/mol. The Kier molecular flexibility index (Phi) is 4.95. The normalized spacial score (nSPS) is 30.9. The van der Waals surface area contributed by atoms with Gasteiger partial charge in [-0.1, -0.05) is 6.92 Å². The molecule has 1 saturated heterocycles. The number of aliphatic hydroxyl groups is 3. The molecule has 0 saturated carbocycles. The topological polar surface area (TPSA) is 157 Å². The number of aromatic hydroxyl groups is 2. The number of aliphatic hydroxyl groups excluding tert-OH is 3. The minimum Gasteiger partial charge on any atom is -0.504 e. The summed E-state index contributed by atoms with van der Waals surface area (Å²) in [5, 5.41) is 57.5. The molecule has 1 aliphatic rings. The Labute approximate surface area is 130 Å². The van der Waals surface area contributed by atoms with Gasteiger partial charge in [-0.25, -0.2) is 4.79 Å². The van der Waals surface area contributed by atoms with Crippen LogP contribution >= 0.6 is 0 Å². The van der Waals surface area contributed by atoms with Gasteiger partial charge in [0.2, 0.25) is 12.0 Å². The lowest BCUT2D eigenvalue weighted by Gasteiger charge is -2.38. The van der Waals surface area contributed by atoms with Gasteiger partial charge in [-0.05, 0) is 24.1 Å². The smallest absolute Gasteiger partial charge is 0.335 e. The standard InChI is InChI=1S/C14H18O9/c1-2-5-3-6(15)8(16)7(4-5)22-14-11(19)9(17)10(18)12(23-14)13(20)21/h3-4,9-12,14-19H,2H2,1H3,(H,20,21). The molecule has 0 aromatic heterocycles. The summed E-state index contributed by atoms with van der Waals surface area (Å²) in [6.45, 7) is 1.79. The molecule has 5 unspecified atom stereocenters. The quantitative estimate of drug-likeness (QED) is 0.378. The van der Waals surface area contributed by atoms with Crippen molar-refractivity contribution < 1.29 is 44.9 Å². The number of ether oxygens (including phenoxy) is 2. The summed E-state index contributed by atoms with van der Waals surface area (Å²) in [5.41, 5.74) is 0.607. The average Bonchev–Trinajstić information content (AvgIpc) is 2.51. The van der Waals surface area contributed by atoms with Crippen LogP contribution < -0.4 is 4.74 Å². The summed E-state index contributed by atoms with van der Waals surface area (Å²) >= 11 is 0. The highest BCUT2D eigenvalue weighted by Crippen LogP contribution is 2.38. The molecule has 0 bridgehead atoms. The van der Waals surface area contributed by atoms with E-state index in [9.17, 15) is 30.3 Å². The Bertz CT molecular complexity index is 588. The van der Waals surface area contributed by atoms with Crippen LogP contribution in [0.2, 0.25) is 0 Å². The van der Waals surface area contributed by atoms with Gasteiger partial charge in [0.05, 0.1) is 0 Å². The van der Waals surface area contributed by atoms with Crippen molar-refractivity contribution in [2.45, 2.75) is 44.1 Å². The Morgan fingerprint density at radius 2 is 1.83 bits per heavy atom. The molecule has 0 spiro atoms. The Hall–Kier alpha value is -2.07. The van der Waals surface area contributed by atoms with Crippen LogP contribution in [0.25, 0.3) is 0 Å². The molecular weight excluding hydrogens is 312 g/mol. The highest BCUT2D eigenvalue weighted by atomic mass is 16.7. The second kappa shape index (κ2) is 6.59. The van der Waals surface area contributed by atoms with Crippen LogP contribution in [0.15, 0.2) is 12.1 Å². The maximum Gasteiger partial charge on any atom is 0.335 e. The molecule has 9 heteroatoms. The maximum absolute atomic E-state index is 11.0. The van der Waals surface area contributed by atoms with Gasteiger partial charge in [0.1, 0.15) is 18.3 Å². The lowest BCUT2D eigenvalue weighted by molar-refractivity contribution is -0.271. The van der Waals surface area contributed by atoms with E-state index >= 15 is 0 Å². The van der Waals surface area contributed by atoms with E-state index in [1.165, 1.54) is 12.1 Å². The van der Waals surface area contributed by atoms with Crippen LogP contribution in [0.5, 0.6) is 17.2 Å². The highest BCUT2D eigenvalue weighted by Gasteiger charge is 2.48. The van der Waals surface area contributed by atoms with Gasteiger partial charge in [-0.2, -0.15) is 0 Å². The van der Waals surface area contributed by atoms with E-state index in [0.29, 0.717) is 12.0 Å². The zero-order valence-electron chi connectivity index (χ0n) is 12.2. The van der Waals surface area contributed by atoms with Gasteiger partial charge >= 0.3 is 5.97 Å². The molecule has 0 amide bonds. The second-order valence-electron chi connectivity index (χ2n) is 5.17. The predicted molar refractivity (Wildman–Crippen MR) is 74.1 cm³/mol. The third-order valence-corrected chi connectivity index (χ3v) is 3.58. The number of phenolic OH excluding ortho intramolecular Hbond substituents is 2. The third-order valence-electron chi connectivity index (χ3n) is 3.58. The molecule has 0 aliphatic carbocycles. The molecule has 128 valence electrons. The summed E-state index contributed by atoms with van der Waals surface area (Å²) in [5.74, 6) is -2.88. The van der Waals surface area contributed by atoms with Crippen molar-refractivity contribution in [3.05, 3.63) is 17.7 Å². The van der Waals surface area contributed by atoms with Crippen molar-refractivity contribution >= 4 is 5.97 Å². The number of carboxylic acids is 1. The van der Waals surface area contributed by atoms with E-state index in [1.807, 2.05) is 0 Å². The first-order chi connectivity index (χ1) is 10.8. The number of rotatable bonds is 4. The molecule has 1 heterocycles. The summed E-state index contributed by atoms with van der Waals surface area (Å²) in [6, 6.07) is 2.69. The Balaban J connectivity index is 2.28. The fraction of sp³-hybridized carbons (Fsp3) is 0.500. The van der Waals surface area contributed by atoms with Crippen LogP contribution in [0.3, 0.4) is 0 Å². The van der Waals surface area contributed by atoms with E-state index < -0.39 is 48.2 Å². The van der Waals surface area contributed by atoms with Gasteiger partial charge in [-0.3, -0.25) is 0 Å². The van der Waals surface area contributed by atoms with Gasteiger partial charge in [0.25, 0.3) is 0 Å². The fourth-order valence-electron chi connectivity index (χ4n) is 2.22. The SMILES string of the molecule is CCc1cc(O)c(O)c(OC2OC(C(=O)O)C(O)C(O)C2O)c1. The van der Waals surface area contributed by atoms with Crippen LogP contribution in [0, 0.1) is 0 Å². The van der Waals surface area contributed by atoms with E-state index in [-0.39, 0.29) is 5.75 Å². The Morgan fingerprint density at radius 3 is 2.39 bits per heavy atom. The minimum absolute atomic E-state index is 0.251. The van der Waals surface area contributed by atoms with E-state index in [1.54, 1.807) is 6.92 Å². The molecule has 1 aliphatic heterocycles. The first-order valence-corrected chi connectivity index (χ1v) is 6.90. The summed E-state index contributed by atoms with van der Waals surface area (Å²) in [6.07, 6.45) is -8.38. The van der Waals surface area contributed by atoms with Crippen LogP contribution in [0.4, 0.5) is 0 Å². The van der Waals surface area contributed by atoms with Crippen molar-refractivity contribution in [1.29, 1.82) is 0 Å². The molecule has 9 nitrogen and oxygen atoms in total. The van der Waals surface area contributed by atoms with Crippen LogP contribution in [-0.2, 0) is 16.0 Å². The van der Waals surface area contributed by atoms with E-state index in [2.05, 4.69) is 0 Å².